The number of hydrogen-bond acceptors (Lipinski definition) is 3. The number of carbonyl (C=O) groups excluding carboxylic acids is 2. The van der Waals surface area contributed by atoms with Crippen molar-refractivity contribution < 1.29 is 19.5 Å². The number of rotatable bonds is 4. The van der Waals surface area contributed by atoms with E-state index in [-0.39, 0.29) is 29.7 Å². The maximum absolute atomic E-state index is 11.9. The van der Waals surface area contributed by atoms with E-state index in [0.717, 1.165) is 12.8 Å². The molecule has 6 nitrogen and oxygen atoms in total. The molecule has 20 heavy (non-hydrogen) atoms. The summed E-state index contributed by atoms with van der Waals surface area (Å²) in [5.74, 6) is -1.74. The first-order chi connectivity index (χ1) is 9.40. The quantitative estimate of drug-likeness (QED) is 0.784. The van der Waals surface area contributed by atoms with Crippen molar-refractivity contribution in [2.24, 2.45) is 17.8 Å². The van der Waals surface area contributed by atoms with Gasteiger partial charge in [0.1, 0.15) is 0 Å². The summed E-state index contributed by atoms with van der Waals surface area (Å²) in [4.78, 5) is 36.3. The Morgan fingerprint density at radius 2 is 1.75 bits per heavy atom. The van der Waals surface area contributed by atoms with Crippen molar-refractivity contribution >= 4 is 17.8 Å². The second-order valence-corrected chi connectivity index (χ2v) is 6.05. The summed E-state index contributed by atoms with van der Waals surface area (Å²) in [6.07, 6.45) is 1.94. The van der Waals surface area contributed by atoms with Gasteiger partial charge in [-0.05, 0) is 19.3 Å². The molecule has 112 valence electrons. The maximum atomic E-state index is 11.9. The van der Waals surface area contributed by atoms with E-state index in [0.29, 0.717) is 19.5 Å². The lowest BCUT2D eigenvalue weighted by Gasteiger charge is -2.33. The number of hydrogen-bond donors (Lipinski definition) is 2. The van der Waals surface area contributed by atoms with E-state index < -0.39 is 11.9 Å². The molecule has 6 heteroatoms. The van der Waals surface area contributed by atoms with Crippen molar-refractivity contribution in [3.05, 3.63) is 0 Å². The minimum atomic E-state index is -0.887. The number of carboxylic acids is 1. The number of carboxylic acid groups (broad SMARTS) is 1. The Labute approximate surface area is 118 Å². The van der Waals surface area contributed by atoms with Crippen LogP contribution >= 0.6 is 0 Å². The molecule has 2 amide bonds. The van der Waals surface area contributed by atoms with Crippen molar-refractivity contribution in [1.29, 1.82) is 0 Å². The molecule has 1 heterocycles. The molecule has 0 aromatic rings. The normalized spacial score (nSPS) is 26.4. The second kappa shape index (κ2) is 5.81. The summed E-state index contributed by atoms with van der Waals surface area (Å²) in [5, 5.41) is 11.7. The molecular formula is C14H22N2O4. The Hall–Kier alpha value is -1.59. The molecule has 0 radical (unpaired) electrons. The minimum Gasteiger partial charge on any atom is -0.481 e. The Balaban J connectivity index is 1.74. The van der Waals surface area contributed by atoms with Crippen molar-refractivity contribution in [2.75, 3.05) is 13.1 Å². The fourth-order valence-corrected chi connectivity index (χ4v) is 2.68. The van der Waals surface area contributed by atoms with Crippen LogP contribution < -0.4 is 5.32 Å². The number of likely N-dealkylation sites (tertiary alicyclic amines) is 1. The van der Waals surface area contributed by atoms with Crippen LogP contribution in [0.3, 0.4) is 0 Å². The summed E-state index contributed by atoms with van der Waals surface area (Å²) in [7, 11) is 0. The molecule has 1 aliphatic carbocycles. The number of aliphatic carboxylic acids is 1. The summed E-state index contributed by atoms with van der Waals surface area (Å²) >= 11 is 0. The predicted molar refractivity (Wildman–Crippen MR) is 71.8 cm³/mol. The summed E-state index contributed by atoms with van der Waals surface area (Å²) in [6, 6.07) is 0.0637. The fourth-order valence-electron chi connectivity index (χ4n) is 2.68. The lowest BCUT2D eigenvalue weighted by molar-refractivity contribution is -0.140. The molecule has 0 spiro atoms. The molecule has 2 rings (SSSR count). The average Bonchev–Trinajstić information content (AvgIpc) is 3.19. The number of piperidine rings is 1. The van der Waals surface area contributed by atoms with Crippen LogP contribution in [0.15, 0.2) is 0 Å². The number of carbonyl (C=O) groups is 3. The van der Waals surface area contributed by atoms with Gasteiger partial charge in [0.2, 0.25) is 11.8 Å². The van der Waals surface area contributed by atoms with Gasteiger partial charge in [-0.3, -0.25) is 14.4 Å². The first-order valence-corrected chi connectivity index (χ1v) is 7.22. The van der Waals surface area contributed by atoms with Gasteiger partial charge < -0.3 is 15.3 Å². The Kier molecular flexibility index (Phi) is 4.30. The molecule has 2 atom stereocenters. The smallest absolute Gasteiger partial charge is 0.307 e. The third kappa shape index (κ3) is 3.29. The number of nitrogens with one attached hydrogen (secondary N) is 1. The third-order valence-corrected chi connectivity index (χ3v) is 4.09. The van der Waals surface area contributed by atoms with Crippen LogP contribution in [0.1, 0.15) is 33.1 Å². The number of amides is 2. The van der Waals surface area contributed by atoms with Gasteiger partial charge in [-0.15, -0.1) is 0 Å². The molecule has 0 aromatic heterocycles. The average molecular weight is 282 g/mol. The predicted octanol–water partition coefficient (Wildman–Crippen LogP) is 0.470. The molecular weight excluding hydrogens is 260 g/mol. The zero-order chi connectivity index (χ0) is 14.9. The molecule has 2 fully saturated rings. The van der Waals surface area contributed by atoms with Crippen LogP contribution in [0.5, 0.6) is 0 Å². The lowest BCUT2D eigenvalue weighted by Crippen LogP contribution is -2.48. The maximum Gasteiger partial charge on any atom is 0.307 e. The standard InChI is InChI=1S/C14H22N2O4/c1-8(2)13(18)16-5-3-9(4-6-16)15-12(17)10-7-11(10)14(19)20/h8-11H,3-7H2,1-2H3,(H,15,17)(H,19,20)/t10-,11+/m1/s1. The molecule has 1 saturated heterocycles. The van der Waals surface area contributed by atoms with Crippen molar-refractivity contribution in [1.82, 2.24) is 10.2 Å². The van der Waals surface area contributed by atoms with Crippen LogP contribution in [0.25, 0.3) is 0 Å². The van der Waals surface area contributed by atoms with E-state index in [9.17, 15) is 14.4 Å². The molecule has 0 aromatic carbocycles. The number of nitrogens with zero attached hydrogens (tertiary/aromatic N) is 1. The van der Waals surface area contributed by atoms with Gasteiger partial charge in [0, 0.05) is 25.0 Å². The monoisotopic (exact) mass is 282 g/mol. The van der Waals surface area contributed by atoms with E-state index in [1.54, 1.807) is 0 Å². The molecule has 1 aliphatic heterocycles. The van der Waals surface area contributed by atoms with Crippen LogP contribution in [-0.2, 0) is 14.4 Å². The fraction of sp³-hybridized carbons (Fsp3) is 0.786. The van der Waals surface area contributed by atoms with E-state index in [2.05, 4.69) is 5.32 Å². The first kappa shape index (κ1) is 14.8. The summed E-state index contributed by atoms with van der Waals surface area (Å²) in [5.41, 5.74) is 0. The Morgan fingerprint density at radius 1 is 1.15 bits per heavy atom. The van der Waals surface area contributed by atoms with E-state index in [4.69, 9.17) is 5.11 Å². The van der Waals surface area contributed by atoms with Gasteiger partial charge in [0.05, 0.1) is 11.8 Å². The van der Waals surface area contributed by atoms with Gasteiger partial charge in [0.15, 0.2) is 0 Å². The Morgan fingerprint density at radius 3 is 2.20 bits per heavy atom. The minimum absolute atomic E-state index is 0.00364. The van der Waals surface area contributed by atoms with E-state index in [1.807, 2.05) is 18.7 Å². The third-order valence-electron chi connectivity index (χ3n) is 4.09. The van der Waals surface area contributed by atoms with E-state index in [1.165, 1.54) is 0 Å². The first-order valence-electron chi connectivity index (χ1n) is 7.22. The summed E-state index contributed by atoms with van der Waals surface area (Å²) < 4.78 is 0. The van der Waals surface area contributed by atoms with Crippen LogP contribution in [0.4, 0.5) is 0 Å². The SMILES string of the molecule is CC(C)C(=O)N1CCC(NC(=O)[C@@H]2C[C@@H]2C(=O)O)CC1. The largest absolute Gasteiger partial charge is 0.481 e. The van der Waals surface area contributed by atoms with Crippen LogP contribution in [0.2, 0.25) is 0 Å². The molecule has 0 unspecified atom stereocenters. The van der Waals surface area contributed by atoms with E-state index >= 15 is 0 Å². The highest BCUT2D eigenvalue weighted by atomic mass is 16.4. The zero-order valence-electron chi connectivity index (χ0n) is 12.0. The molecule has 2 N–H and O–H groups in total. The topological polar surface area (TPSA) is 86.7 Å². The van der Waals surface area contributed by atoms with Crippen LogP contribution in [-0.4, -0.2) is 46.9 Å². The van der Waals surface area contributed by atoms with Gasteiger partial charge in [-0.2, -0.15) is 0 Å². The van der Waals surface area contributed by atoms with Crippen molar-refractivity contribution in [2.45, 2.75) is 39.2 Å². The highest BCUT2D eigenvalue weighted by Gasteiger charge is 2.48. The van der Waals surface area contributed by atoms with Gasteiger partial charge in [0.25, 0.3) is 0 Å². The molecule has 1 saturated carbocycles. The molecule has 2 aliphatic rings. The van der Waals surface area contributed by atoms with Gasteiger partial charge in [-0.25, -0.2) is 0 Å². The lowest BCUT2D eigenvalue weighted by atomic mass is 10.0. The van der Waals surface area contributed by atoms with Gasteiger partial charge in [-0.1, -0.05) is 13.8 Å². The highest BCUT2D eigenvalue weighted by Crippen LogP contribution is 2.38. The van der Waals surface area contributed by atoms with Crippen molar-refractivity contribution in [3.8, 4) is 0 Å². The van der Waals surface area contributed by atoms with Gasteiger partial charge >= 0.3 is 5.97 Å². The highest BCUT2D eigenvalue weighted by molar-refractivity contribution is 5.89. The zero-order valence-corrected chi connectivity index (χ0v) is 12.0. The summed E-state index contributed by atoms with van der Waals surface area (Å²) in [6.45, 7) is 5.09. The van der Waals surface area contributed by atoms with Crippen molar-refractivity contribution in [3.63, 3.8) is 0 Å². The Bertz CT molecular complexity index is 413. The van der Waals surface area contributed by atoms with Crippen LogP contribution in [0, 0.1) is 17.8 Å². The molecule has 0 bridgehead atoms. The second-order valence-electron chi connectivity index (χ2n) is 6.05.